The van der Waals surface area contributed by atoms with E-state index in [9.17, 15) is 4.79 Å². The van der Waals surface area contributed by atoms with E-state index in [1.54, 1.807) is 11.3 Å². The number of nitrogens with one attached hydrogen (secondary N) is 1. The molecule has 110 valence electrons. The van der Waals surface area contributed by atoms with Crippen molar-refractivity contribution in [2.75, 3.05) is 5.32 Å². The monoisotopic (exact) mass is 371 g/mol. The number of rotatable bonds is 4. The van der Waals surface area contributed by atoms with Gasteiger partial charge in [-0.2, -0.15) is 0 Å². The van der Waals surface area contributed by atoms with Crippen LogP contribution in [0.4, 0.5) is 5.69 Å². The van der Waals surface area contributed by atoms with Gasteiger partial charge in [0, 0.05) is 21.5 Å². The van der Waals surface area contributed by atoms with Crippen LogP contribution in [0.1, 0.15) is 15.9 Å². The number of halogens is 1. The molecule has 0 radical (unpaired) electrons. The van der Waals surface area contributed by atoms with Gasteiger partial charge in [0.05, 0.1) is 0 Å². The van der Waals surface area contributed by atoms with Gasteiger partial charge in [-0.05, 0) is 46.8 Å². The van der Waals surface area contributed by atoms with Crippen molar-refractivity contribution in [3.05, 3.63) is 77.2 Å². The third-order valence-corrected chi connectivity index (χ3v) is 4.86. The molecule has 1 heterocycles. The van der Waals surface area contributed by atoms with Crippen LogP contribution in [0.3, 0.4) is 0 Å². The molecule has 0 aliphatic heterocycles. The summed E-state index contributed by atoms with van der Waals surface area (Å²) in [5.41, 5.74) is 3.73. The number of benzene rings is 2. The normalized spacial score (nSPS) is 10.4. The minimum absolute atomic E-state index is 0.0931. The summed E-state index contributed by atoms with van der Waals surface area (Å²) >= 11 is 5.09. The smallest absolute Gasteiger partial charge is 0.255 e. The fourth-order valence-electron chi connectivity index (χ4n) is 2.14. The third-order valence-electron chi connectivity index (χ3n) is 3.30. The van der Waals surface area contributed by atoms with Gasteiger partial charge in [0.1, 0.15) is 0 Å². The van der Waals surface area contributed by atoms with Crippen molar-refractivity contribution < 1.29 is 4.79 Å². The van der Waals surface area contributed by atoms with Crippen LogP contribution in [0.25, 0.3) is 10.4 Å². The molecule has 0 saturated heterocycles. The van der Waals surface area contributed by atoms with E-state index in [4.69, 9.17) is 0 Å². The quantitative estimate of drug-likeness (QED) is 0.597. The minimum Gasteiger partial charge on any atom is -0.322 e. The van der Waals surface area contributed by atoms with Gasteiger partial charge in [-0.1, -0.05) is 46.3 Å². The Balaban J connectivity index is 1.77. The first kappa shape index (κ1) is 15.0. The molecular formula is C18H14BrNOS. The molecule has 0 fully saturated rings. The molecule has 2 aromatic carbocycles. The summed E-state index contributed by atoms with van der Waals surface area (Å²) in [6.45, 7) is 0. The Morgan fingerprint density at radius 2 is 1.86 bits per heavy atom. The first-order chi connectivity index (χ1) is 10.8. The second-order valence-electron chi connectivity index (χ2n) is 4.84. The number of amides is 1. The molecule has 3 aromatic rings. The van der Waals surface area contributed by atoms with Gasteiger partial charge in [0.15, 0.2) is 0 Å². The molecule has 4 heteroatoms. The lowest BCUT2D eigenvalue weighted by atomic mass is 10.1. The Hall–Kier alpha value is -1.91. The summed E-state index contributed by atoms with van der Waals surface area (Å²) in [4.78, 5) is 13.5. The summed E-state index contributed by atoms with van der Waals surface area (Å²) in [5.74, 6) is -0.0931. The van der Waals surface area contributed by atoms with Crippen LogP contribution in [0.5, 0.6) is 0 Å². The highest BCUT2D eigenvalue weighted by molar-refractivity contribution is 9.08. The lowest BCUT2D eigenvalue weighted by molar-refractivity contribution is 0.102. The molecule has 0 atom stereocenters. The topological polar surface area (TPSA) is 29.1 Å². The van der Waals surface area contributed by atoms with Gasteiger partial charge in [0.25, 0.3) is 5.91 Å². The van der Waals surface area contributed by atoms with Crippen LogP contribution < -0.4 is 5.32 Å². The number of hydrogen-bond donors (Lipinski definition) is 1. The van der Waals surface area contributed by atoms with Crippen molar-refractivity contribution in [1.29, 1.82) is 0 Å². The van der Waals surface area contributed by atoms with Crippen LogP contribution in [0.2, 0.25) is 0 Å². The average Bonchev–Trinajstić information content (AvgIpc) is 3.10. The largest absolute Gasteiger partial charge is 0.322 e. The minimum atomic E-state index is -0.0931. The van der Waals surface area contributed by atoms with E-state index in [0.717, 1.165) is 22.1 Å². The van der Waals surface area contributed by atoms with Crippen molar-refractivity contribution in [3.8, 4) is 10.4 Å². The molecule has 0 saturated carbocycles. The molecular weight excluding hydrogens is 358 g/mol. The second kappa shape index (κ2) is 6.90. The average molecular weight is 372 g/mol. The number of carbonyl (C=O) groups is 1. The summed E-state index contributed by atoms with van der Waals surface area (Å²) in [6, 6.07) is 19.6. The Morgan fingerprint density at radius 1 is 1.05 bits per heavy atom. The van der Waals surface area contributed by atoms with Crippen molar-refractivity contribution in [3.63, 3.8) is 0 Å². The number of anilines is 1. The predicted octanol–water partition coefficient (Wildman–Crippen LogP) is 5.56. The first-order valence-electron chi connectivity index (χ1n) is 6.86. The number of carbonyl (C=O) groups excluding carboxylic acids is 1. The maximum Gasteiger partial charge on any atom is 0.255 e. The standard InChI is InChI=1S/C18H14BrNOS/c19-12-13-6-8-14(9-7-13)18(21)20-16-4-1-3-15(11-16)17-5-2-10-22-17/h1-11H,12H2,(H,20,21). The maximum atomic E-state index is 12.3. The Kier molecular flexibility index (Phi) is 4.71. The van der Waals surface area contributed by atoms with E-state index in [1.807, 2.05) is 60.0 Å². The lowest BCUT2D eigenvalue weighted by Crippen LogP contribution is -2.11. The molecule has 1 aromatic heterocycles. The highest BCUT2D eigenvalue weighted by Crippen LogP contribution is 2.27. The Labute approximate surface area is 141 Å². The van der Waals surface area contributed by atoms with E-state index in [-0.39, 0.29) is 5.91 Å². The summed E-state index contributed by atoms with van der Waals surface area (Å²) in [5, 5.41) is 5.79. The number of hydrogen-bond acceptors (Lipinski definition) is 2. The van der Waals surface area contributed by atoms with Crippen molar-refractivity contribution in [1.82, 2.24) is 0 Å². The number of thiophene rings is 1. The molecule has 0 bridgehead atoms. The highest BCUT2D eigenvalue weighted by Gasteiger charge is 2.07. The maximum absolute atomic E-state index is 12.3. The van der Waals surface area contributed by atoms with E-state index >= 15 is 0 Å². The van der Waals surface area contributed by atoms with Gasteiger partial charge in [-0.25, -0.2) is 0 Å². The Morgan fingerprint density at radius 3 is 2.55 bits per heavy atom. The SMILES string of the molecule is O=C(Nc1cccc(-c2cccs2)c1)c1ccc(CBr)cc1. The van der Waals surface area contributed by atoms with Crippen LogP contribution in [-0.2, 0) is 5.33 Å². The molecule has 1 N–H and O–H groups in total. The van der Waals surface area contributed by atoms with Gasteiger partial charge >= 0.3 is 0 Å². The molecule has 0 unspecified atom stereocenters. The third kappa shape index (κ3) is 3.46. The summed E-state index contributed by atoms with van der Waals surface area (Å²) < 4.78 is 0. The van der Waals surface area contributed by atoms with Crippen molar-refractivity contribution in [2.24, 2.45) is 0 Å². The second-order valence-corrected chi connectivity index (χ2v) is 6.35. The van der Waals surface area contributed by atoms with Gasteiger partial charge < -0.3 is 5.32 Å². The Bertz CT molecular complexity index is 766. The van der Waals surface area contributed by atoms with Crippen LogP contribution in [-0.4, -0.2) is 5.91 Å². The molecule has 1 amide bonds. The summed E-state index contributed by atoms with van der Waals surface area (Å²) in [6.07, 6.45) is 0. The van der Waals surface area contributed by atoms with Crippen LogP contribution in [0.15, 0.2) is 66.0 Å². The molecule has 0 spiro atoms. The van der Waals surface area contributed by atoms with E-state index < -0.39 is 0 Å². The van der Waals surface area contributed by atoms with Crippen molar-refractivity contribution in [2.45, 2.75) is 5.33 Å². The molecule has 2 nitrogen and oxygen atoms in total. The van der Waals surface area contributed by atoms with Gasteiger partial charge in [-0.15, -0.1) is 11.3 Å². The van der Waals surface area contributed by atoms with Gasteiger partial charge in [-0.3, -0.25) is 4.79 Å². The molecule has 22 heavy (non-hydrogen) atoms. The lowest BCUT2D eigenvalue weighted by Gasteiger charge is -2.07. The van der Waals surface area contributed by atoms with Crippen LogP contribution >= 0.6 is 27.3 Å². The zero-order valence-corrected chi connectivity index (χ0v) is 14.2. The van der Waals surface area contributed by atoms with Gasteiger partial charge in [0.2, 0.25) is 0 Å². The fourth-order valence-corrected chi connectivity index (χ4v) is 3.24. The fraction of sp³-hybridized carbons (Fsp3) is 0.0556. The first-order valence-corrected chi connectivity index (χ1v) is 8.86. The van der Waals surface area contributed by atoms with E-state index in [1.165, 1.54) is 4.88 Å². The zero-order chi connectivity index (χ0) is 15.4. The molecule has 0 aliphatic rings. The predicted molar refractivity (Wildman–Crippen MR) is 96.8 cm³/mol. The van der Waals surface area contributed by atoms with E-state index in [2.05, 4.69) is 27.3 Å². The zero-order valence-electron chi connectivity index (χ0n) is 11.8. The highest BCUT2D eigenvalue weighted by atomic mass is 79.9. The molecule has 3 rings (SSSR count). The molecule has 0 aliphatic carbocycles. The van der Waals surface area contributed by atoms with Crippen LogP contribution in [0, 0.1) is 0 Å². The van der Waals surface area contributed by atoms with Crippen molar-refractivity contribution >= 4 is 38.9 Å². The number of alkyl halides is 1. The van der Waals surface area contributed by atoms with E-state index in [0.29, 0.717) is 5.56 Å². The summed E-state index contributed by atoms with van der Waals surface area (Å²) in [7, 11) is 0.